The third kappa shape index (κ3) is 4.68. The number of carbonyl (C=O) groups is 1. The van der Waals surface area contributed by atoms with Crippen molar-refractivity contribution in [2.24, 2.45) is 0 Å². The summed E-state index contributed by atoms with van der Waals surface area (Å²) in [6, 6.07) is 8.51. The molecule has 0 N–H and O–H groups in total. The van der Waals surface area contributed by atoms with Gasteiger partial charge >= 0.3 is 0 Å². The molecule has 2 aromatic heterocycles. The average molecular weight is 478 g/mol. The minimum Gasteiger partial charge on any atom is -0.495 e. The molecule has 2 saturated heterocycles. The summed E-state index contributed by atoms with van der Waals surface area (Å²) in [4.78, 5) is 21.4. The van der Waals surface area contributed by atoms with Crippen molar-refractivity contribution < 1.29 is 18.7 Å². The van der Waals surface area contributed by atoms with E-state index < -0.39 is 5.82 Å². The molecule has 35 heavy (non-hydrogen) atoms. The van der Waals surface area contributed by atoms with E-state index in [4.69, 9.17) is 14.7 Å². The molecule has 0 radical (unpaired) electrons. The lowest BCUT2D eigenvalue weighted by Crippen LogP contribution is -2.59. The molecule has 1 aromatic carbocycles. The molecule has 0 bridgehead atoms. The van der Waals surface area contributed by atoms with E-state index in [1.807, 2.05) is 17.0 Å². The Morgan fingerprint density at radius 1 is 1.31 bits per heavy atom. The number of morpholine rings is 1. The number of fused-ring (bicyclic) bond motifs is 1. The number of carbonyl (C=O) groups excluding carboxylic acids is 1. The van der Waals surface area contributed by atoms with Gasteiger partial charge in [0.25, 0.3) is 0 Å². The van der Waals surface area contributed by atoms with Crippen LogP contribution >= 0.6 is 0 Å². The number of ether oxygens (including phenoxy) is 2. The molecule has 3 aromatic rings. The fourth-order valence-corrected chi connectivity index (χ4v) is 4.48. The number of amides is 1. The zero-order valence-electron chi connectivity index (χ0n) is 19.0. The van der Waals surface area contributed by atoms with Crippen molar-refractivity contribution in [3.63, 3.8) is 0 Å². The van der Waals surface area contributed by atoms with E-state index in [1.165, 1.54) is 24.2 Å². The Kier molecular flexibility index (Phi) is 6.35. The first-order valence-electron chi connectivity index (χ1n) is 11.1. The van der Waals surface area contributed by atoms with Gasteiger partial charge in [0.2, 0.25) is 5.91 Å². The maximum absolute atomic E-state index is 14.4. The molecule has 0 unspecified atom stereocenters. The van der Waals surface area contributed by atoms with Gasteiger partial charge in [-0.2, -0.15) is 9.94 Å². The van der Waals surface area contributed by atoms with Crippen LogP contribution in [-0.2, 0) is 16.0 Å². The molecule has 0 saturated carbocycles. The maximum Gasteiger partial charge on any atom is 0.227 e. The highest BCUT2D eigenvalue weighted by Gasteiger charge is 2.36. The number of tetrazole rings is 1. The van der Waals surface area contributed by atoms with Gasteiger partial charge < -0.3 is 14.4 Å². The molecule has 1 amide bonds. The zero-order chi connectivity index (χ0) is 24.4. The maximum atomic E-state index is 14.4. The van der Waals surface area contributed by atoms with Crippen molar-refractivity contribution in [1.82, 2.24) is 35.0 Å². The number of nitrogens with zero attached hydrogens (tertiary/aromatic N) is 8. The Morgan fingerprint density at radius 3 is 2.91 bits per heavy atom. The zero-order valence-corrected chi connectivity index (χ0v) is 19.0. The summed E-state index contributed by atoms with van der Waals surface area (Å²) < 4.78 is 27.0. The van der Waals surface area contributed by atoms with Crippen LogP contribution in [0.25, 0.3) is 5.82 Å². The fourth-order valence-electron chi connectivity index (χ4n) is 4.48. The molecule has 2 aliphatic heterocycles. The molecule has 4 heterocycles. The molecule has 11 nitrogen and oxygen atoms in total. The summed E-state index contributed by atoms with van der Waals surface area (Å²) in [5.74, 6) is 0.184. The monoisotopic (exact) mass is 478 g/mol. The van der Waals surface area contributed by atoms with Crippen LogP contribution in [0.5, 0.6) is 5.75 Å². The first-order chi connectivity index (χ1) is 17.1. The standard InChI is InChI=1S/C23H23FN8O3/c1-34-20-8-16(7-19(24)18(20)9-25)21-12-30-4-5-31(11-17(30)13-35-21)23(33)6-15-2-3-22(26-10-15)32-14-27-28-29-32/h2-3,7-8,10,14,17,21H,4-6,11-13H2,1H3/t17-,21+/m1/s1. The molecule has 12 heteroatoms. The highest BCUT2D eigenvalue weighted by Crippen LogP contribution is 2.32. The Morgan fingerprint density at radius 2 is 2.20 bits per heavy atom. The number of benzene rings is 1. The van der Waals surface area contributed by atoms with E-state index in [9.17, 15) is 9.18 Å². The number of nitriles is 1. The molecular formula is C23H23FN8O3. The summed E-state index contributed by atoms with van der Waals surface area (Å²) >= 11 is 0. The minimum absolute atomic E-state index is 0.0302. The second-order valence-corrected chi connectivity index (χ2v) is 8.46. The van der Waals surface area contributed by atoms with E-state index in [1.54, 1.807) is 18.3 Å². The van der Waals surface area contributed by atoms with Crippen molar-refractivity contribution in [3.05, 3.63) is 59.3 Å². The van der Waals surface area contributed by atoms with Crippen molar-refractivity contribution in [3.8, 4) is 17.6 Å². The van der Waals surface area contributed by atoms with E-state index in [0.717, 1.165) is 5.56 Å². The van der Waals surface area contributed by atoms with Gasteiger partial charge in [0.15, 0.2) is 5.82 Å². The van der Waals surface area contributed by atoms with E-state index >= 15 is 0 Å². The van der Waals surface area contributed by atoms with Crippen LogP contribution in [-0.4, -0.2) is 86.8 Å². The second kappa shape index (κ2) is 9.73. The number of hydrogen-bond donors (Lipinski definition) is 0. The molecule has 5 rings (SSSR count). The number of halogens is 1. The molecule has 0 aliphatic carbocycles. The van der Waals surface area contributed by atoms with Gasteiger partial charge in [0.1, 0.15) is 29.5 Å². The number of piperazine rings is 1. The van der Waals surface area contributed by atoms with Crippen LogP contribution in [0.4, 0.5) is 4.39 Å². The second-order valence-electron chi connectivity index (χ2n) is 8.46. The normalized spacial score (nSPS) is 20.2. The summed E-state index contributed by atoms with van der Waals surface area (Å²) in [5, 5.41) is 20.1. The Labute approximate surface area is 200 Å². The topological polar surface area (TPSA) is 122 Å². The van der Waals surface area contributed by atoms with Gasteiger partial charge in [0, 0.05) is 32.4 Å². The van der Waals surface area contributed by atoms with E-state index in [2.05, 4.69) is 25.4 Å². The first-order valence-corrected chi connectivity index (χ1v) is 11.1. The van der Waals surface area contributed by atoms with Gasteiger partial charge in [-0.05, 0) is 39.8 Å². The van der Waals surface area contributed by atoms with Crippen molar-refractivity contribution in [1.29, 1.82) is 5.26 Å². The van der Waals surface area contributed by atoms with Crippen LogP contribution in [0.1, 0.15) is 22.8 Å². The Balaban J connectivity index is 1.19. The highest BCUT2D eigenvalue weighted by atomic mass is 19.1. The lowest BCUT2D eigenvalue weighted by atomic mass is 10.0. The Hall–Kier alpha value is -3.95. The number of rotatable bonds is 5. The molecule has 2 atom stereocenters. The van der Waals surface area contributed by atoms with Gasteiger partial charge in [-0.1, -0.05) is 6.07 Å². The highest BCUT2D eigenvalue weighted by molar-refractivity contribution is 5.79. The van der Waals surface area contributed by atoms with Crippen LogP contribution < -0.4 is 4.74 Å². The molecular weight excluding hydrogens is 455 g/mol. The molecule has 180 valence electrons. The largest absolute Gasteiger partial charge is 0.495 e. The van der Waals surface area contributed by atoms with Crippen LogP contribution in [0.15, 0.2) is 36.8 Å². The fraction of sp³-hybridized carbons (Fsp3) is 0.391. The summed E-state index contributed by atoms with van der Waals surface area (Å²) in [5.41, 5.74) is 1.33. The van der Waals surface area contributed by atoms with Crippen LogP contribution in [0, 0.1) is 17.1 Å². The molecule has 0 spiro atoms. The predicted molar refractivity (Wildman–Crippen MR) is 119 cm³/mol. The van der Waals surface area contributed by atoms with Crippen molar-refractivity contribution in [2.75, 3.05) is 39.9 Å². The van der Waals surface area contributed by atoms with Gasteiger partial charge in [-0.25, -0.2) is 9.37 Å². The van der Waals surface area contributed by atoms with Crippen molar-refractivity contribution in [2.45, 2.75) is 18.6 Å². The quantitative estimate of drug-likeness (QED) is 0.526. The Bertz CT molecular complexity index is 1240. The summed E-state index contributed by atoms with van der Waals surface area (Å²) in [7, 11) is 1.41. The molecule has 2 fully saturated rings. The SMILES string of the molecule is COc1cc([C@@H]2CN3CCN(C(=O)Cc4ccc(-n5cnnn5)nc4)C[C@@H]3CO2)cc(F)c1C#N. The predicted octanol–water partition coefficient (Wildman–Crippen LogP) is 0.903. The number of methoxy groups -OCH3 is 1. The third-order valence-electron chi connectivity index (χ3n) is 6.38. The first kappa shape index (κ1) is 22.8. The third-order valence-corrected chi connectivity index (χ3v) is 6.38. The lowest BCUT2D eigenvalue weighted by molar-refractivity contribution is -0.139. The van der Waals surface area contributed by atoms with Gasteiger partial charge in [0.05, 0.1) is 32.3 Å². The average Bonchev–Trinajstić information content (AvgIpc) is 3.43. The smallest absolute Gasteiger partial charge is 0.227 e. The number of aromatic nitrogens is 5. The lowest BCUT2D eigenvalue weighted by Gasteiger charge is -2.46. The van der Waals surface area contributed by atoms with Gasteiger partial charge in [-0.3, -0.25) is 9.69 Å². The molecule has 2 aliphatic rings. The number of pyridine rings is 1. The summed E-state index contributed by atoms with van der Waals surface area (Å²) in [6.45, 7) is 2.85. The van der Waals surface area contributed by atoms with Gasteiger partial charge in [-0.15, -0.1) is 5.10 Å². The minimum atomic E-state index is -0.622. The number of hydrogen-bond acceptors (Lipinski definition) is 9. The van der Waals surface area contributed by atoms with Crippen LogP contribution in [0.3, 0.4) is 0 Å². The summed E-state index contributed by atoms with van der Waals surface area (Å²) in [6.07, 6.45) is 3.03. The van der Waals surface area contributed by atoms with E-state index in [-0.39, 0.29) is 35.8 Å². The van der Waals surface area contributed by atoms with E-state index in [0.29, 0.717) is 44.2 Å². The van der Waals surface area contributed by atoms with Crippen LogP contribution in [0.2, 0.25) is 0 Å². The van der Waals surface area contributed by atoms with Crippen molar-refractivity contribution >= 4 is 5.91 Å².